The van der Waals surface area contributed by atoms with Crippen molar-refractivity contribution in [3.8, 4) is 22.5 Å². The highest BCUT2D eigenvalue weighted by Gasteiger charge is 2.47. The quantitative estimate of drug-likeness (QED) is 0.126. The number of likely N-dealkylation sites (N-methyl/N-ethyl adjacent to an activating group) is 1. The molecule has 2 fully saturated rings. The Kier molecular flexibility index (Phi) is 15.4. The number of rotatable bonds is 11. The third-order valence-corrected chi connectivity index (χ3v) is 16.7. The molecule has 1 unspecified atom stereocenters. The lowest BCUT2D eigenvalue weighted by Gasteiger charge is -2.42. The van der Waals surface area contributed by atoms with Crippen LogP contribution in [0.25, 0.3) is 33.4 Å². The predicted molar refractivity (Wildman–Crippen MR) is 271 cm³/mol. The molecule has 4 amide bonds. The molecule has 0 aliphatic carbocycles. The Morgan fingerprint density at radius 3 is 2.51 bits per heavy atom. The van der Waals surface area contributed by atoms with E-state index in [-0.39, 0.29) is 71.2 Å². The molecule has 376 valence electrons. The maximum Gasteiger partial charge on any atom is 0.323 e. The average Bonchev–Trinajstić information content (AvgIpc) is 3.88. The minimum Gasteiger partial charge on any atom is -0.464 e. The molecule has 7 rings (SSSR count). The van der Waals surface area contributed by atoms with Gasteiger partial charge in [-0.15, -0.1) is 0 Å². The van der Waals surface area contributed by atoms with Gasteiger partial charge in [0.1, 0.15) is 17.2 Å². The monoisotopic (exact) mass is 998 g/mol. The van der Waals surface area contributed by atoms with Gasteiger partial charge < -0.3 is 29.2 Å². The number of aryl methyl sites for hydroxylation is 1. The van der Waals surface area contributed by atoms with Crippen LogP contribution in [0.5, 0.6) is 0 Å². The van der Waals surface area contributed by atoms with Crippen molar-refractivity contribution in [3.05, 3.63) is 83.8 Å². The Hall–Kier alpha value is -5.64. The Morgan fingerprint density at radius 1 is 1.10 bits per heavy atom. The number of cyclic esters (lactones) is 1. The molecule has 19 heteroatoms. The SMILES string of the molecule is C=CC(=O)N1CCC([SiH3])(C(=O)N(C)[C@H](C(=O)N[C@H]2Cc3cc(C(F)F)cc(n3)-c3ccc4c(c3)c(c(-c3cccnc3[C@H](C)OC)n4CC)CC(C)(C)COC(=O)[C@@]3([SiH3])CCCN(N3)C2=O)C(C)C)C1. The van der Waals surface area contributed by atoms with E-state index in [0.717, 1.165) is 33.4 Å². The lowest BCUT2D eigenvalue weighted by molar-refractivity contribution is -0.158. The van der Waals surface area contributed by atoms with Gasteiger partial charge in [-0.25, -0.2) is 14.2 Å². The molecule has 5 atom stereocenters. The standard InChI is InChI=1S/C51H68F2N8O7Si2/c1-10-40(62)59-21-18-50(69,27-59)47(65)58(8)42(29(3)4)45(63)56-38-25-33-22-32(44(52)53)24-37(55-33)31-15-16-39-35(23-31)36(43(60(39)11-2)34-14-12-19-54-41(34)30(5)67-9)26-49(6,7)28-68-48(66)51(70)17-13-20-61(57-51)46(38)64/h10,12,14-16,19,22-24,29-30,38,42,44,57H,1,11,13,17-18,20-21,25-28H2,2-9,69-70H3,(H,56,63)/t30-,38-,42-,50?,51-/m0/s1. The highest BCUT2D eigenvalue weighted by molar-refractivity contribution is 6.29. The van der Waals surface area contributed by atoms with Crippen molar-refractivity contribution in [3.63, 3.8) is 0 Å². The van der Waals surface area contributed by atoms with Gasteiger partial charge in [-0.3, -0.25) is 38.9 Å². The van der Waals surface area contributed by atoms with Crippen LogP contribution in [-0.2, 0) is 52.8 Å². The first-order valence-corrected chi connectivity index (χ1v) is 26.2. The topological polar surface area (TPSA) is 168 Å². The number of nitrogens with one attached hydrogen (secondary N) is 2. The molecule has 3 aliphatic rings. The molecule has 6 bridgehead atoms. The fraction of sp³-hybridized carbons (Fsp3) is 0.510. The molecule has 3 aliphatic heterocycles. The number of esters is 1. The van der Waals surface area contributed by atoms with Crippen LogP contribution < -0.4 is 10.7 Å². The Balaban J connectivity index is 1.36. The van der Waals surface area contributed by atoms with E-state index in [9.17, 15) is 24.0 Å². The van der Waals surface area contributed by atoms with E-state index < -0.39 is 57.8 Å². The van der Waals surface area contributed by atoms with Crippen LogP contribution in [0, 0.1) is 11.3 Å². The summed E-state index contributed by atoms with van der Waals surface area (Å²) in [5, 5.41) is 3.06. The summed E-state index contributed by atoms with van der Waals surface area (Å²) in [4.78, 5) is 83.5. The lowest BCUT2D eigenvalue weighted by atomic mass is 9.84. The highest BCUT2D eigenvalue weighted by Crippen LogP contribution is 2.43. The minimum absolute atomic E-state index is 0.0464. The average molecular weight is 999 g/mol. The van der Waals surface area contributed by atoms with Crippen LogP contribution in [-0.4, -0.2) is 137 Å². The number of alkyl halides is 2. The van der Waals surface area contributed by atoms with E-state index >= 15 is 8.78 Å². The van der Waals surface area contributed by atoms with E-state index in [1.807, 2.05) is 51.1 Å². The third kappa shape index (κ3) is 10.4. The van der Waals surface area contributed by atoms with Crippen molar-refractivity contribution in [2.24, 2.45) is 11.3 Å². The van der Waals surface area contributed by atoms with Gasteiger partial charge in [0.05, 0.1) is 34.8 Å². The van der Waals surface area contributed by atoms with Crippen LogP contribution >= 0.6 is 0 Å². The first kappa shape index (κ1) is 52.2. The summed E-state index contributed by atoms with van der Waals surface area (Å²) in [6.45, 7) is 16.7. The molecule has 70 heavy (non-hydrogen) atoms. The number of fused-ring (bicyclic) bond motifs is 6. The van der Waals surface area contributed by atoms with E-state index in [2.05, 4.69) is 28.8 Å². The van der Waals surface area contributed by atoms with Crippen molar-refractivity contribution in [2.45, 2.75) is 115 Å². The number of hydrogen-bond acceptors (Lipinski definition) is 10. The predicted octanol–water partition coefficient (Wildman–Crippen LogP) is 4.20. The number of pyridine rings is 2. The fourth-order valence-electron chi connectivity index (χ4n) is 10.5. The number of aromatic nitrogens is 3. The zero-order valence-corrected chi connectivity index (χ0v) is 46.2. The zero-order valence-electron chi connectivity index (χ0n) is 42.2. The number of benzene rings is 1. The van der Waals surface area contributed by atoms with Gasteiger partial charge >= 0.3 is 5.97 Å². The van der Waals surface area contributed by atoms with Crippen LogP contribution in [0.2, 0.25) is 5.04 Å². The van der Waals surface area contributed by atoms with Gasteiger partial charge in [-0.05, 0) is 93.5 Å². The Labute approximate surface area is 414 Å². The van der Waals surface area contributed by atoms with Gasteiger partial charge in [0.15, 0.2) is 0 Å². The van der Waals surface area contributed by atoms with E-state index in [0.29, 0.717) is 54.6 Å². The van der Waals surface area contributed by atoms with Gasteiger partial charge in [0.25, 0.3) is 12.3 Å². The summed E-state index contributed by atoms with van der Waals surface area (Å²) in [7, 11) is 3.86. The molecule has 6 heterocycles. The number of carbonyl (C=O) groups is 5. The number of halogens is 2. The number of amides is 4. The fourth-order valence-corrected chi connectivity index (χ4v) is 12.2. The number of ether oxygens (including phenoxy) is 2. The summed E-state index contributed by atoms with van der Waals surface area (Å²) in [6.07, 6.45) is 1.16. The molecule has 0 saturated carbocycles. The largest absolute Gasteiger partial charge is 0.464 e. The van der Waals surface area contributed by atoms with Crippen molar-refractivity contribution in [1.82, 2.24) is 40.1 Å². The second kappa shape index (κ2) is 20.6. The number of likely N-dealkylation sites (tertiary alicyclic amines) is 1. The maximum absolute atomic E-state index is 15.0. The first-order chi connectivity index (χ1) is 33.0. The summed E-state index contributed by atoms with van der Waals surface area (Å²) in [5.74, 6) is -2.71. The van der Waals surface area contributed by atoms with Gasteiger partial charge in [0.2, 0.25) is 17.7 Å². The summed E-state index contributed by atoms with van der Waals surface area (Å²) in [5.41, 5.74) is 7.59. The highest BCUT2D eigenvalue weighted by atomic mass is 28.1. The van der Waals surface area contributed by atoms with E-state index in [4.69, 9.17) is 19.4 Å². The molecular formula is C51H68F2N8O7Si2. The number of methoxy groups -OCH3 is 1. The van der Waals surface area contributed by atoms with E-state index in [1.165, 1.54) is 28.1 Å². The normalized spacial score (nSPS) is 22.8. The van der Waals surface area contributed by atoms with Crippen LogP contribution in [0.4, 0.5) is 8.78 Å². The second-order valence-corrected chi connectivity index (χ2v) is 24.4. The summed E-state index contributed by atoms with van der Waals surface area (Å²) < 4.78 is 44.3. The van der Waals surface area contributed by atoms with Crippen LogP contribution in [0.1, 0.15) is 95.8 Å². The molecule has 1 aromatic carbocycles. The smallest absolute Gasteiger partial charge is 0.323 e. The molecule has 2 saturated heterocycles. The van der Waals surface area contributed by atoms with Crippen LogP contribution in [0.3, 0.4) is 0 Å². The van der Waals surface area contributed by atoms with Gasteiger partial charge in [-0.1, -0.05) is 40.3 Å². The van der Waals surface area contributed by atoms with Gasteiger partial charge in [0, 0.05) is 112 Å². The first-order valence-electron chi connectivity index (χ1n) is 24.2. The molecule has 0 radical (unpaired) electrons. The molecular weight excluding hydrogens is 931 g/mol. The molecule has 4 aromatic rings. The number of hydrazine groups is 1. The number of nitrogens with zero attached hydrogens (tertiary/aromatic N) is 6. The van der Waals surface area contributed by atoms with E-state index in [1.54, 1.807) is 39.1 Å². The van der Waals surface area contributed by atoms with Gasteiger partial charge in [-0.2, -0.15) is 0 Å². The second-order valence-electron chi connectivity index (χ2n) is 20.8. The molecule has 2 N–H and O–H groups in total. The molecule has 3 aromatic heterocycles. The Bertz CT molecular complexity index is 2700. The summed E-state index contributed by atoms with van der Waals surface area (Å²) >= 11 is 0. The molecule has 15 nitrogen and oxygen atoms in total. The lowest BCUT2D eigenvalue weighted by Crippen LogP contribution is -2.67. The number of hydrogen-bond donors (Lipinski definition) is 2. The zero-order chi connectivity index (χ0) is 51.0. The van der Waals surface area contributed by atoms with Crippen molar-refractivity contribution in [1.29, 1.82) is 0 Å². The maximum atomic E-state index is 15.0. The molecule has 0 spiro atoms. The third-order valence-electron chi connectivity index (χ3n) is 14.3. The van der Waals surface area contributed by atoms with Crippen molar-refractivity contribution >= 4 is 61.0 Å². The Morgan fingerprint density at radius 2 is 1.84 bits per heavy atom. The van der Waals surface area contributed by atoms with Crippen molar-refractivity contribution in [2.75, 3.05) is 40.4 Å². The minimum atomic E-state index is -2.90. The summed E-state index contributed by atoms with van der Waals surface area (Å²) in [6, 6.07) is 9.88. The number of carbonyl (C=O) groups excluding carboxylic acids is 5. The van der Waals surface area contributed by atoms with Crippen molar-refractivity contribution < 1.29 is 42.2 Å². The van der Waals surface area contributed by atoms with Crippen LogP contribution in [0.15, 0.2) is 61.3 Å².